The molecule has 1 aliphatic rings. The van der Waals surface area contributed by atoms with Gasteiger partial charge in [0.2, 0.25) is 10.0 Å². The standard InChI is InChI=1S/C18H21NO5S/c1-12-10-16(12)17-9-6-14(24-17)11-19(2)25(21,22)15-7-4-13(5-8-15)18(20)23-3/h4-9,12,16H,10-11H2,1-3H3/t12-,16+/m0/s1. The molecule has 2 atom stereocenters. The molecule has 1 aromatic carbocycles. The van der Waals surface area contributed by atoms with Crippen molar-refractivity contribution in [3.8, 4) is 0 Å². The lowest BCUT2D eigenvalue weighted by atomic mass is 10.2. The van der Waals surface area contributed by atoms with E-state index in [2.05, 4.69) is 11.7 Å². The van der Waals surface area contributed by atoms with Gasteiger partial charge < -0.3 is 9.15 Å². The Morgan fingerprint density at radius 2 is 1.88 bits per heavy atom. The Morgan fingerprint density at radius 1 is 1.24 bits per heavy atom. The number of esters is 1. The van der Waals surface area contributed by atoms with Crippen LogP contribution in [-0.4, -0.2) is 32.8 Å². The molecule has 0 spiro atoms. The molecule has 134 valence electrons. The molecule has 0 bridgehead atoms. The Labute approximate surface area is 147 Å². The summed E-state index contributed by atoms with van der Waals surface area (Å²) in [6, 6.07) is 9.43. The highest BCUT2D eigenvalue weighted by Gasteiger charge is 2.36. The minimum absolute atomic E-state index is 0.116. The van der Waals surface area contributed by atoms with Gasteiger partial charge in [0.15, 0.2) is 0 Å². The van der Waals surface area contributed by atoms with Gasteiger partial charge in [0.1, 0.15) is 11.5 Å². The van der Waals surface area contributed by atoms with Gasteiger partial charge in [-0.05, 0) is 48.7 Å². The number of hydrogen-bond acceptors (Lipinski definition) is 5. The summed E-state index contributed by atoms with van der Waals surface area (Å²) in [4.78, 5) is 11.6. The summed E-state index contributed by atoms with van der Waals surface area (Å²) in [5, 5.41) is 0. The van der Waals surface area contributed by atoms with Gasteiger partial charge in [-0.15, -0.1) is 0 Å². The lowest BCUT2D eigenvalue weighted by molar-refractivity contribution is 0.0600. The highest BCUT2D eigenvalue weighted by Crippen LogP contribution is 2.47. The zero-order chi connectivity index (χ0) is 18.2. The highest BCUT2D eigenvalue weighted by atomic mass is 32.2. The largest absolute Gasteiger partial charge is 0.465 e. The molecule has 7 heteroatoms. The first-order chi connectivity index (χ1) is 11.8. The van der Waals surface area contributed by atoms with E-state index in [1.54, 1.807) is 0 Å². The number of nitrogens with zero attached hydrogens (tertiary/aromatic N) is 1. The molecule has 0 saturated heterocycles. The summed E-state index contributed by atoms with van der Waals surface area (Å²) in [6.07, 6.45) is 1.12. The molecule has 1 heterocycles. The van der Waals surface area contributed by atoms with Crippen molar-refractivity contribution in [2.24, 2.45) is 5.92 Å². The molecule has 0 aliphatic heterocycles. The van der Waals surface area contributed by atoms with E-state index in [1.165, 1.54) is 42.7 Å². The minimum atomic E-state index is -3.67. The molecular formula is C18H21NO5S. The fourth-order valence-electron chi connectivity index (χ4n) is 2.76. The average molecular weight is 363 g/mol. The van der Waals surface area contributed by atoms with Crippen molar-refractivity contribution >= 4 is 16.0 Å². The van der Waals surface area contributed by atoms with Crippen molar-refractivity contribution in [2.75, 3.05) is 14.2 Å². The second-order valence-corrected chi connectivity index (χ2v) is 8.45. The van der Waals surface area contributed by atoms with Gasteiger partial charge in [0.25, 0.3) is 0 Å². The van der Waals surface area contributed by atoms with Crippen LogP contribution in [0.5, 0.6) is 0 Å². The highest BCUT2D eigenvalue weighted by molar-refractivity contribution is 7.89. The van der Waals surface area contributed by atoms with Gasteiger partial charge in [-0.2, -0.15) is 4.31 Å². The van der Waals surface area contributed by atoms with Gasteiger partial charge in [0.05, 0.1) is 24.1 Å². The second-order valence-electron chi connectivity index (χ2n) is 6.40. The molecule has 1 saturated carbocycles. The first-order valence-corrected chi connectivity index (χ1v) is 9.50. The van der Waals surface area contributed by atoms with Crippen LogP contribution in [0.2, 0.25) is 0 Å². The summed E-state index contributed by atoms with van der Waals surface area (Å²) in [7, 11) is -0.887. The molecule has 25 heavy (non-hydrogen) atoms. The normalized spacial score (nSPS) is 19.8. The van der Waals surface area contributed by atoms with E-state index in [0.29, 0.717) is 23.2 Å². The quantitative estimate of drug-likeness (QED) is 0.738. The Morgan fingerprint density at radius 3 is 2.44 bits per heavy atom. The van der Waals surface area contributed by atoms with Crippen molar-refractivity contribution < 1.29 is 22.4 Å². The monoisotopic (exact) mass is 363 g/mol. The summed E-state index contributed by atoms with van der Waals surface area (Å²) < 4.78 is 36.9. The Balaban J connectivity index is 1.72. The number of rotatable bonds is 6. The average Bonchev–Trinajstić information content (AvgIpc) is 3.15. The van der Waals surface area contributed by atoms with Gasteiger partial charge in [-0.3, -0.25) is 0 Å². The van der Waals surface area contributed by atoms with Gasteiger partial charge >= 0.3 is 5.97 Å². The molecule has 0 amide bonds. The van der Waals surface area contributed by atoms with Gasteiger partial charge in [-0.1, -0.05) is 6.92 Å². The number of methoxy groups -OCH3 is 1. The fourth-order valence-corrected chi connectivity index (χ4v) is 3.90. The molecular weight excluding hydrogens is 342 g/mol. The molecule has 6 nitrogen and oxygen atoms in total. The number of hydrogen-bond donors (Lipinski definition) is 0. The van der Waals surface area contributed by atoms with Crippen LogP contribution in [0.25, 0.3) is 0 Å². The van der Waals surface area contributed by atoms with Crippen LogP contribution in [0.4, 0.5) is 0 Å². The second kappa shape index (κ2) is 6.65. The first-order valence-electron chi connectivity index (χ1n) is 8.06. The first kappa shape index (κ1) is 17.7. The third-order valence-corrected chi connectivity index (χ3v) is 6.34. The van der Waals surface area contributed by atoms with E-state index >= 15 is 0 Å². The molecule has 1 aliphatic carbocycles. The third-order valence-electron chi connectivity index (χ3n) is 4.52. The third kappa shape index (κ3) is 3.62. The number of sulfonamides is 1. The lowest BCUT2D eigenvalue weighted by Crippen LogP contribution is -2.26. The number of benzene rings is 1. The summed E-state index contributed by atoms with van der Waals surface area (Å²) in [5.41, 5.74) is 0.304. The maximum absolute atomic E-state index is 12.7. The number of ether oxygens (including phenoxy) is 1. The predicted octanol–water partition coefficient (Wildman–Crippen LogP) is 3.01. The number of furan rings is 1. The Hall–Kier alpha value is -2.12. The minimum Gasteiger partial charge on any atom is -0.465 e. The fraction of sp³-hybridized carbons (Fsp3) is 0.389. The van der Waals surface area contributed by atoms with Crippen LogP contribution in [0.3, 0.4) is 0 Å². The Bertz CT molecular complexity index is 869. The van der Waals surface area contributed by atoms with Crippen LogP contribution in [0.15, 0.2) is 45.7 Å². The molecule has 1 aromatic heterocycles. The van der Waals surface area contributed by atoms with Crippen LogP contribution in [0.1, 0.15) is 41.1 Å². The van der Waals surface area contributed by atoms with Crippen LogP contribution < -0.4 is 0 Å². The van der Waals surface area contributed by atoms with Crippen molar-refractivity contribution in [3.05, 3.63) is 53.5 Å². The summed E-state index contributed by atoms with van der Waals surface area (Å²) in [5.74, 6) is 2.13. The van der Waals surface area contributed by atoms with E-state index in [-0.39, 0.29) is 11.4 Å². The van der Waals surface area contributed by atoms with Gasteiger partial charge in [-0.25, -0.2) is 13.2 Å². The van der Waals surface area contributed by atoms with Crippen molar-refractivity contribution in [2.45, 2.75) is 30.7 Å². The zero-order valence-electron chi connectivity index (χ0n) is 14.4. The maximum Gasteiger partial charge on any atom is 0.337 e. The summed E-state index contributed by atoms with van der Waals surface area (Å²) in [6.45, 7) is 2.32. The molecule has 0 radical (unpaired) electrons. The molecule has 0 N–H and O–H groups in total. The SMILES string of the molecule is COC(=O)c1ccc(S(=O)(=O)N(C)Cc2ccc([C@@H]3C[C@@H]3C)o2)cc1. The summed E-state index contributed by atoms with van der Waals surface area (Å²) >= 11 is 0. The van der Waals surface area contributed by atoms with Crippen molar-refractivity contribution in [1.29, 1.82) is 0 Å². The van der Waals surface area contributed by atoms with Crippen molar-refractivity contribution in [3.63, 3.8) is 0 Å². The van der Waals surface area contributed by atoms with E-state index in [0.717, 1.165) is 12.2 Å². The lowest BCUT2D eigenvalue weighted by Gasteiger charge is -2.16. The van der Waals surface area contributed by atoms with Crippen molar-refractivity contribution in [1.82, 2.24) is 4.31 Å². The van der Waals surface area contributed by atoms with E-state index in [4.69, 9.17) is 4.42 Å². The number of carbonyl (C=O) groups excluding carboxylic acids is 1. The smallest absolute Gasteiger partial charge is 0.337 e. The van der Waals surface area contributed by atoms with Gasteiger partial charge in [0, 0.05) is 13.0 Å². The maximum atomic E-state index is 12.7. The molecule has 0 unspecified atom stereocenters. The zero-order valence-corrected chi connectivity index (χ0v) is 15.2. The predicted molar refractivity (Wildman–Crippen MR) is 91.7 cm³/mol. The molecule has 3 rings (SSSR count). The topological polar surface area (TPSA) is 76.8 Å². The molecule has 2 aromatic rings. The van der Waals surface area contributed by atoms with Crippen LogP contribution in [0, 0.1) is 5.92 Å². The van der Waals surface area contributed by atoms with Crippen LogP contribution >= 0.6 is 0 Å². The van der Waals surface area contributed by atoms with E-state index < -0.39 is 16.0 Å². The molecule has 1 fully saturated rings. The number of carbonyl (C=O) groups is 1. The van der Waals surface area contributed by atoms with E-state index in [9.17, 15) is 13.2 Å². The Kier molecular flexibility index (Phi) is 4.71. The van der Waals surface area contributed by atoms with Crippen LogP contribution in [-0.2, 0) is 21.3 Å². The van der Waals surface area contributed by atoms with E-state index in [1.807, 2.05) is 12.1 Å².